The van der Waals surface area contributed by atoms with Crippen LogP contribution in [-0.2, 0) is 51.2 Å². The fourth-order valence-electron chi connectivity index (χ4n) is 0.554. The molecule has 0 N–H and O–H groups in total. The summed E-state index contributed by atoms with van der Waals surface area (Å²) in [6.45, 7) is 2.14. The minimum atomic E-state index is 0. The Morgan fingerprint density at radius 3 is 1.89 bits per heavy atom. The molecule has 0 saturated heterocycles. The minimum absolute atomic E-state index is 0. The summed E-state index contributed by atoms with van der Waals surface area (Å²) in [7, 11) is 0. The first-order valence-corrected chi connectivity index (χ1v) is 2.22. The van der Waals surface area contributed by atoms with E-state index in [1.54, 1.807) is 0 Å². The van der Waals surface area contributed by atoms with Crippen molar-refractivity contribution in [1.82, 2.24) is 0 Å². The second-order valence-electron chi connectivity index (χ2n) is 1.65. The van der Waals surface area contributed by atoms with Crippen LogP contribution in [0.3, 0.4) is 0 Å². The summed E-state index contributed by atoms with van der Waals surface area (Å²) < 4.78 is 0. The molecule has 0 bridgehead atoms. The molecule has 0 aromatic rings. The Bertz CT molecular complexity index is 105. The first-order valence-electron chi connectivity index (χ1n) is 2.22. The fourth-order valence-corrected chi connectivity index (χ4v) is 0.554. The van der Waals surface area contributed by atoms with Crippen molar-refractivity contribution in [3.05, 3.63) is 23.8 Å². The molecule has 1 aliphatic carbocycles. The normalized spacial score (nSPS) is 12.3. The van der Waals surface area contributed by atoms with Gasteiger partial charge < -0.3 is 0 Å². The number of hydrogen-bond donors (Lipinski definition) is 0. The average molecular weight is 245 g/mol. The van der Waals surface area contributed by atoms with E-state index in [1.165, 1.54) is 12.0 Å². The predicted molar refractivity (Wildman–Crippen MR) is 27.5 cm³/mol. The molecule has 1 aliphatic rings. The number of hydrogen-bond acceptors (Lipinski definition) is 0. The molecular formula is C6H8Mn3. The molecule has 3 heteroatoms. The molecular weight excluding hydrogens is 237 g/mol. The first-order chi connectivity index (χ1) is 2.89. The SMILES string of the molecule is CC1=CC=CC1.[Mn].[Mn].[Mn]. The summed E-state index contributed by atoms with van der Waals surface area (Å²) in [5.74, 6) is 0. The van der Waals surface area contributed by atoms with E-state index in [0.29, 0.717) is 0 Å². The molecule has 0 heterocycles. The Labute approximate surface area is 88.0 Å². The second kappa shape index (κ2) is 9.04. The van der Waals surface area contributed by atoms with Gasteiger partial charge in [0.15, 0.2) is 0 Å². The Morgan fingerprint density at radius 2 is 1.78 bits per heavy atom. The maximum Gasteiger partial charge on any atom is 0 e. The zero-order valence-electron chi connectivity index (χ0n) is 5.07. The molecule has 0 aromatic carbocycles. The molecule has 0 aliphatic heterocycles. The summed E-state index contributed by atoms with van der Waals surface area (Å²) in [4.78, 5) is 0. The van der Waals surface area contributed by atoms with E-state index in [2.05, 4.69) is 25.2 Å². The van der Waals surface area contributed by atoms with Gasteiger partial charge in [-0.05, 0) is 13.3 Å². The first kappa shape index (κ1) is 16.6. The maximum atomic E-state index is 2.16. The van der Waals surface area contributed by atoms with Gasteiger partial charge in [-0.2, -0.15) is 0 Å². The van der Waals surface area contributed by atoms with Crippen LogP contribution in [0, 0.1) is 0 Å². The third-order valence-electron chi connectivity index (χ3n) is 0.957. The van der Waals surface area contributed by atoms with Crippen molar-refractivity contribution in [1.29, 1.82) is 0 Å². The van der Waals surface area contributed by atoms with Gasteiger partial charge in [-0.1, -0.05) is 23.8 Å². The molecule has 0 amide bonds. The van der Waals surface area contributed by atoms with Crippen LogP contribution in [0.1, 0.15) is 13.3 Å². The van der Waals surface area contributed by atoms with Crippen molar-refractivity contribution >= 4 is 0 Å². The van der Waals surface area contributed by atoms with E-state index >= 15 is 0 Å². The van der Waals surface area contributed by atoms with Crippen LogP contribution in [0.15, 0.2) is 23.8 Å². The van der Waals surface area contributed by atoms with Crippen molar-refractivity contribution in [3.63, 3.8) is 0 Å². The van der Waals surface area contributed by atoms with Crippen LogP contribution in [0.5, 0.6) is 0 Å². The van der Waals surface area contributed by atoms with E-state index in [-0.39, 0.29) is 51.2 Å². The van der Waals surface area contributed by atoms with Crippen molar-refractivity contribution in [2.75, 3.05) is 0 Å². The molecule has 0 nitrogen and oxygen atoms in total. The van der Waals surface area contributed by atoms with Gasteiger partial charge in [0.25, 0.3) is 0 Å². The van der Waals surface area contributed by atoms with Crippen LogP contribution >= 0.6 is 0 Å². The van der Waals surface area contributed by atoms with Gasteiger partial charge in [-0.3, -0.25) is 0 Å². The van der Waals surface area contributed by atoms with E-state index in [1.807, 2.05) is 0 Å². The van der Waals surface area contributed by atoms with Gasteiger partial charge in [-0.25, -0.2) is 0 Å². The standard InChI is InChI=1S/C6H8.3Mn/c1-6-4-2-3-5-6;;;/h2-4H,5H2,1H3;;;. The van der Waals surface area contributed by atoms with Gasteiger partial charge in [0.2, 0.25) is 0 Å². The van der Waals surface area contributed by atoms with E-state index in [0.717, 1.165) is 0 Å². The van der Waals surface area contributed by atoms with Crippen molar-refractivity contribution in [3.8, 4) is 0 Å². The smallest absolute Gasteiger partial charge is 0 e. The molecule has 0 unspecified atom stereocenters. The topological polar surface area (TPSA) is 0 Å². The van der Waals surface area contributed by atoms with E-state index < -0.39 is 0 Å². The van der Waals surface area contributed by atoms with Gasteiger partial charge in [0.05, 0.1) is 0 Å². The van der Waals surface area contributed by atoms with Gasteiger partial charge in [0.1, 0.15) is 0 Å². The zero-order valence-corrected chi connectivity index (χ0v) is 8.61. The monoisotopic (exact) mass is 245 g/mol. The second-order valence-corrected chi connectivity index (χ2v) is 1.65. The Balaban J connectivity index is -0.000000120. The van der Waals surface area contributed by atoms with Crippen LogP contribution < -0.4 is 0 Å². The molecule has 1 rings (SSSR count). The van der Waals surface area contributed by atoms with Crippen LogP contribution in [0.4, 0.5) is 0 Å². The third-order valence-corrected chi connectivity index (χ3v) is 0.957. The van der Waals surface area contributed by atoms with E-state index in [9.17, 15) is 0 Å². The average Bonchev–Trinajstić information content (AvgIpc) is 1.86. The maximum absolute atomic E-state index is 2.16. The summed E-state index contributed by atoms with van der Waals surface area (Å²) >= 11 is 0. The molecule has 53 valence electrons. The largest absolute Gasteiger partial charge is 0.0805 e. The van der Waals surface area contributed by atoms with Crippen LogP contribution in [0.25, 0.3) is 0 Å². The zero-order chi connectivity index (χ0) is 4.41. The summed E-state index contributed by atoms with van der Waals surface area (Å²) in [6.07, 6.45) is 7.56. The summed E-state index contributed by atoms with van der Waals surface area (Å²) in [5, 5.41) is 0. The predicted octanol–water partition coefficient (Wildman–Crippen LogP) is 1.89. The summed E-state index contributed by atoms with van der Waals surface area (Å²) in [5.41, 5.74) is 1.47. The Hall–Kier alpha value is 1.04. The molecule has 9 heavy (non-hydrogen) atoms. The Morgan fingerprint density at radius 1 is 1.22 bits per heavy atom. The molecule has 0 spiro atoms. The third kappa shape index (κ3) is 6.93. The summed E-state index contributed by atoms with van der Waals surface area (Å²) in [6, 6.07) is 0. The molecule has 0 saturated carbocycles. The van der Waals surface area contributed by atoms with Crippen molar-refractivity contribution in [2.24, 2.45) is 0 Å². The van der Waals surface area contributed by atoms with E-state index in [4.69, 9.17) is 0 Å². The van der Waals surface area contributed by atoms with Gasteiger partial charge in [0, 0.05) is 51.2 Å². The van der Waals surface area contributed by atoms with Crippen molar-refractivity contribution in [2.45, 2.75) is 13.3 Å². The quantitative estimate of drug-likeness (QED) is 0.571. The number of rotatable bonds is 0. The molecule has 0 aromatic heterocycles. The van der Waals surface area contributed by atoms with Crippen molar-refractivity contribution < 1.29 is 51.2 Å². The Kier molecular flexibility index (Phi) is 16.6. The molecule has 3 radical (unpaired) electrons. The fraction of sp³-hybridized carbons (Fsp3) is 0.333. The van der Waals surface area contributed by atoms with Crippen LogP contribution in [0.2, 0.25) is 0 Å². The molecule has 0 atom stereocenters. The minimum Gasteiger partial charge on any atom is -0.0805 e. The van der Waals surface area contributed by atoms with Gasteiger partial charge in [-0.15, -0.1) is 0 Å². The van der Waals surface area contributed by atoms with Gasteiger partial charge >= 0.3 is 0 Å². The molecule has 0 fully saturated rings. The number of allylic oxidation sites excluding steroid dienone is 4. The van der Waals surface area contributed by atoms with Crippen LogP contribution in [-0.4, -0.2) is 0 Å².